The summed E-state index contributed by atoms with van der Waals surface area (Å²) in [5, 5.41) is 0. The van der Waals surface area contributed by atoms with Crippen LogP contribution in [0.2, 0.25) is 0 Å². The summed E-state index contributed by atoms with van der Waals surface area (Å²) >= 11 is 0. The molecule has 0 fully saturated rings. The molecular weight excluding hydrogens is 200 g/mol. The van der Waals surface area contributed by atoms with Gasteiger partial charge in [0.1, 0.15) is 5.75 Å². The van der Waals surface area contributed by atoms with Gasteiger partial charge in [-0.05, 0) is 17.7 Å². The van der Waals surface area contributed by atoms with Crippen molar-refractivity contribution in [1.29, 1.82) is 0 Å². The van der Waals surface area contributed by atoms with Crippen LogP contribution in [0.5, 0.6) is 5.75 Å². The molecule has 1 rings (SSSR count). The third-order valence-corrected chi connectivity index (χ3v) is 2.41. The van der Waals surface area contributed by atoms with Crippen LogP contribution >= 0.6 is 0 Å². The number of nitrogens with zero attached hydrogens (tertiary/aromatic N) is 2. The predicted molar refractivity (Wildman–Crippen MR) is 68.1 cm³/mol. The Morgan fingerprint density at radius 1 is 1.38 bits per heavy atom. The molecule has 0 heterocycles. The second kappa shape index (κ2) is 6.16. The average molecular weight is 220 g/mol. The first kappa shape index (κ1) is 12.6. The van der Waals surface area contributed by atoms with Gasteiger partial charge < -0.3 is 9.64 Å². The van der Waals surface area contributed by atoms with E-state index in [1.807, 2.05) is 32.3 Å². The van der Waals surface area contributed by atoms with Gasteiger partial charge in [-0.3, -0.25) is 4.99 Å². The van der Waals surface area contributed by atoms with E-state index in [1.165, 1.54) is 5.56 Å². The van der Waals surface area contributed by atoms with Crippen molar-refractivity contribution in [3.63, 3.8) is 0 Å². The van der Waals surface area contributed by atoms with Gasteiger partial charge in [0, 0.05) is 20.5 Å². The van der Waals surface area contributed by atoms with Gasteiger partial charge in [-0.2, -0.15) is 0 Å². The van der Waals surface area contributed by atoms with Crippen LogP contribution in [0.15, 0.2) is 29.3 Å². The molecule has 0 saturated heterocycles. The fraction of sp³-hybridized carbons (Fsp3) is 0.462. The van der Waals surface area contributed by atoms with E-state index in [4.69, 9.17) is 4.74 Å². The second-order valence-corrected chi connectivity index (χ2v) is 3.83. The van der Waals surface area contributed by atoms with E-state index in [2.05, 4.69) is 22.9 Å². The predicted octanol–water partition coefficient (Wildman–Crippen LogP) is 2.57. The molecule has 0 saturated carbocycles. The molecule has 1 aromatic rings. The van der Waals surface area contributed by atoms with Crippen LogP contribution in [0, 0.1) is 0 Å². The van der Waals surface area contributed by atoms with Crippen molar-refractivity contribution in [1.82, 2.24) is 4.90 Å². The molecule has 0 N–H and O–H groups in total. The van der Waals surface area contributed by atoms with Gasteiger partial charge in [0.15, 0.2) is 0 Å². The number of hydrogen-bond donors (Lipinski definition) is 0. The van der Waals surface area contributed by atoms with Gasteiger partial charge >= 0.3 is 0 Å². The molecule has 0 aliphatic heterocycles. The molecule has 0 spiro atoms. The molecule has 0 aromatic heterocycles. The van der Waals surface area contributed by atoms with Crippen LogP contribution in [0.25, 0.3) is 0 Å². The average Bonchev–Trinajstić information content (AvgIpc) is 2.29. The summed E-state index contributed by atoms with van der Waals surface area (Å²) < 4.78 is 5.18. The largest absolute Gasteiger partial charge is 0.497 e. The van der Waals surface area contributed by atoms with Gasteiger partial charge in [0.2, 0.25) is 0 Å². The van der Waals surface area contributed by atoms with E-state index in [0.717, 1.165) is 18.0 Å². The Kier molecular flexibility index (Phi) is 4.83. The first-order valence-electron chi connectivity index (χ1n) is 5.51. The maximum absolute atomic E-state index is 5.18. The van der Waals surface area contributed by atoms with Gasteiger partial charge in [0.05, 0.1) is 19.5 Å². The van der Waals surface area contributed by atoms with E-state index in [0.29, 0.717) is 6.54 Å². The van der Waals surface area contributed by atoms with Crippen LogP contribution in [-0.4, -0.2) is 31.9 Å². The van der Waals surface area contributed by atoms with Crippen LogP contribution in [0.1, 0.15) is 18.9 Å². The maximum Gasteiger partial charge on any atom is 0.119 e. The van der Waals surface area contributed by atoms with Crippen molar-refractivity contribution in [2.75, 3.05) is 21.2 Å². The first-order valence-corrected chi connectivity index (χ1v) is 5.51. The summed E-state index contributed by atoms with van der Waals surface area (Å²) in [6, 6.07) is 8.02. The number of hydrogen-bond acceptors (Lipinski definition) is 2. The highest BCUT2D eigenvalue weighted by Crippen LogP contribution is 2.13. The standard InChI is InChI=1S/C13H20N2O/c1-5-13(15(2)3)14-10-11-7-6-8-12(9-11)16-4/h6-9H,5,10H2,1-4H3. The number of amidine groups is 1. The molecule has 0 aliphatic carbocycles. The highest BCUT2D eigenvalue weighted by Gasteiger charge is 1.99. The van der Waals surface area contributed by atoms with Crippen LogP contribution < -0.4 is 4.74 Å². The van der Waals surface area contributed by atoms with Crippen molar-refractivity contribution < 1.29 is 4.74 Å². The zero-order valence-electron chi connectivity index (χ0n) is 10.5. The lowest BCUT2D eigenvalue weighted by Gasteiger charge is -2.14. The second-order valence-electron chi connectivity index (χ2n) is 3.83. The number of benzene rings is 1. The molecule has 3 nitrogen and oxygen atoms in total. The molecule has 0 radical (unpaired) electrons. The van der Waals surface area contributed by atoms with Crippen molar-refractivity contribution in [3.05, 3.63) is 29.8 Å². The third-order valence-electron chi connectivity index (χ3n) is 2.41. The molecule has 1 aromatic carbocycles. The topological polar surface area (TPSA) is 24.8 Å². The first-order chi connectivity index (χ1) is 7.67. The third kappa shape index (κ3) is 3.57. The summed E-state index contributed by atoms with van der Waals surface area (Å²) in [7, 11) is 5.72. The van der Waals surface area contributed by atoms with Gasteiger partial charge in [-0.25, -0.2) is 0 Å². The molecule has 0 atom stereocenters. The minimum atomic E-state index is 0.707. The van der Waals surface area contributed by atoms with Crippen molar-refractivity contribution in [2.24, 2.45) is 4.99 Å². The Hall–Kier alpha value is -1.51. The summed E-state index contributed by atoms with van der Waals surface area (Å²) in [5.74, 6) is 2.00. The minimum absolute atomic E-state index is 0.707. The molecule has 88 valence electrons. The van der Waals surface area contributed by atoms with Crippen LogP contribution in [-0.2, 0) is 6.54 Å². The highest BCUT2D eigenvalue weighted by molar-refractivity contribution is 5.81. The van der Waals surface area contributed by atoms with Gasteiger partial charge in [0.25, 0.3) is 0 Å². The van der Waals surface area contributed by atoms with E-state index in [9.17, 15) is 0 Å². The Labute approximate surface area is 97.8 Å². The molecule has 16 heavy (non-hydrogen) atoms. The molecule has 0 amide bonds. The monoisotopic (exact) mass is 220 g/mol. The Bertz CT molecular complexity index is 359. The maximum atomic E-state index is 5.18. The summed E-state index contributed by atoms with van der Waals surface area (Å²) in [4.78, 5) is 6.63. The fourth-order valence-electron chi connectivity index (χ4n) is 1.52. The van der Waals surface area contributed by atoms with Gasteiger partial charge in [-0.1, -0.05) is 19.1 Å². The summed E-state index contributed by atoms with van der Waals surface area (Å²) in [6.45, 7) is 2.82. The molecule has 0 bridgehead atoms. The number of ether oxygens (including phenoxy) is 1. The fourth-order valence-corrected chi connectivity index (χ4v) is 1.52. The molecule has 3 heteroatoms. The van der Waals surface area contributed by atoms with E-state index in [-0.39, 0.29) is 0 Å². The lowest BCUT2D eigenvalue weighted by molar-refractivity contribution is 0.414. The molecule has 0 unspecified atom stereocenters. The zero-order chi connectivity index (χ0) is 12.0. The Morgan fingerprint density at radius 2 is 2.12 bits per heavy atom. The summed E-state index contributed by atoms with van der Waals surface area (Å²) in [5.41, 5.74) is 1.17. The quantitative estimate of drug-likeness (QED) is 0.575. The highest BCUT2D eigenvalue weighted by atomic mass is 16.5. The molecule has 0 aliphatic rings. The van der Waals surface area contributed by atoms with E-state index < -0.39 is 0 Å². The number of aliphatic imine (C=N–C) groups is 1. The van der Waals surface area contributed by atoms with Crippen molar-refractivity contribution >= 4 is 5.84 Å². The van der Waals surface area contributed by atoms with Crippen LogP contribution in [0.4, 0.5) is 0 Å². The minimum Gasteiger partial charge on any atom is -0.497 e. The van der Waals surface area contributed by atoms with Crippen molar-refractivity contribution in [3.8, 4) is 5.75 Å². The smallest absolute Gasteiger partial charge is 0.119 e. The normalized spacial score (nSPS) is 11.4. The lowest BCUT2D eigenvalue weighted by Crippen LogP contribution is -2.21. The van der Waals surface area contributed by atoms with Gasteiger partial charge in [-0.15, -0.1) is 0 Å². The van der Waals surface area contributed by atoms with Crippen molar-refractivity contribution in [2.45, 2.75) is 19.9 Å². The van der Waals surface area contributed by atoms with E-state index >= 15 is 0 Å². The number of rotatable bonds is 4. The Balaban J connectivity index is 2.72. The lowest BCUT2D eigenvalue weighted by atomic mass is 10.2. The summed E-state index contributed by atoms with van der Waals surface area (Å²) in [6.07, 6.45) is 0.955. The number of methoxy groups -OCH3 is 1. The van der Waals surface area contributed by atoms with Crippen LogP contribution in [0.3, 0.4) is 0 Å². The zero-order valence-corrected chi connectivity index (χ0v) is 10.5. The van der Waals surface area contributed by atoms with E-state index in [1.54, 1.807) is 7.11 Å². The SMILES string of the molecule is CCC(=NCc1cccc(OC)c1)N(C)C. The Morgan fingerprint density at radius 3 is 2.69 bits per heavy atom. The molecular formula is C13H20N2O.